The topological polar surface area (TPSA) is 89.8 Å². The minimum Gasteiger partial charge on any atom is -0.208 e. The number of aryl methyl sites for hydroxylation is 1. The Morgan fingerprint density at radius 3 is 2.74 bits per heavy atom. The molecule has 7 nitrogen and oxygen atoms in total. The first-order chi connectivity index (χ1) is 9.06. The number of aromatic nitrogens is 4. The maximum Gasteiger partial charge on any atom is 0.240 e. The second-order valence-corrected chi connectivity index (χ2v) is 6.31. The third-order valence-corrected chi connectivity index (χ3v) is 4.49. The number of sulfonamides is 1. The molecule has 1 aliphatic rings. The standard InChI is InChI=1S/C11H13N5O2S/c1-8-6-10(19(17,18)13-9-2-3-9)4-5-11(8)16-7-12-14-15-16/h4-7,9,13H,2-3H2,1H3. The van der Waals surface area contributed by atoms with Crippen molar-refractivity contribution in [1.29, 1.82) is 0 Å². The van der Waals surface area contributed by atoms with Gasteiger partial charge in [-0.3, -0.25) is 0 Å². The molecule has 2 aromatic rings. The third-order valence-electron chi connectivity index (χ3n) is 2.97. The number of tetrazole rings is 1. The lowest BCUT2D eigenvalue weighted by atomic mass is 10.2. The van der Waals surface area contributed by atoms with Crippen molar-refractivity contribution in [1.82, 2.24) is 24.9 Å². The summed E-state index contributed by atoms with van der Waals surface area (Å²) < 4.78 is 28.3. The summed E-state index contributed by atoms with van der Waals surface area (Å²) in [6.07, 6.45) is 3.31. The van der Waals surface area contributed by atoms with Crippen molar-refractivity contribution >= 4 is 10.0 Å². The summed E-state index contributed by atoms with van der Waals surface area (Å²) in [4.78, 5) is 0.272. The van der Waals surface area contributed by atoms with E-state index in [0.29, 0.717) is 0 Å². The van der Waals surface area contributed by atoms with Gasteiger partial charge < -0.3 is 0 Å². The number of benzene rings is 1. The van der Waals surface area contributed by atoms with Gasteiger partial charge in [0.1, 0.15) is 6.33 Å². The highest BCUT2D eigenvalue weighted by atomic mass is 32.2. The SMILES string of the molecule is Cc1cc(S(=O)(=O)NC2CC2)ccc1-n1cnnn1. The molecule has 19 heavy (non-hydrogen) atoms. The quantitative estimate of drug-likeness (QED) is 0.875. The maximum absolute atomic E-state index is 12.1. The number of hydrogen-bond donors (Lipinski definition) is 1. The van der Waals surface area contributed by atoms with E-state index in [1.54, 1.807) is 18.2 Å². The van der Waals surface area contributed by atoms with Gasteiger partial charge in [0, 0.05) is 6.04 Å². The Hall–Kier alpha value is -1.80. The van der Waals surface area contributed by atoms with Crippen LogP contribution >= 0.6 is 0 Å². The highest BCUT2D eigenvalue weighted by molar-refractivity contribution is 7.89. The van der Waals surface area contributed by atoms with E-state index >= 15 is 0 Å². The summed E-state index contributed by atoms with van der Waals surface area (Å²) in [6, 6.07) is 4.99. The van der Waals surface area contributed by atoms with Gasteiger partial charge >= 0.3 is 0 Å². The number of nitrogens with zero attached hydrogens (tertiary/aromatic N) is 4. The van der Waals surface area contributed by atoms with Crippen LogP contribution in [0, 0.1) is 6.92 Å². The third kappa shape index (κ3) is 2.49. The van der Waals surface area contributed by atoms with Gasteiger partial charge in [0.2, 0.25) is 10.0 Å². The normalized spacial score (nSPS) is 15.6. The lowest BCUT2D eigenvalue weighted by molar-refractivity contribution is 0.581. The van der Waals surface area contributed by atoms with Crippen LogP contribution in [0.25, 0.3) is 5.69 Å². The molecule has 0 radical (unpaired) electrons. The van der Waals surface area contributed by atoms with E-state index in [0.717, 1.165) is 24.1 Å². The highest BCUT2D eigenvalue weighted by Gasteiger charge is 2.28. The fourth-order valence-electron chi connectivity index (χ4n) is 1.81. The van der Waals surface area contributed by atoms with Gasteiger partial charge in [0.05, 0.1) is 10.6 Å². The summed E-state index contributed by atoms with van der Waals surface area (Å²) in [5.41, 5.74) is 1.56. The van der Waals surface area contributed by atoms with E-state index in [1.807, 2.05) is 6.92 Å². The Morgan fingerprint density at radius 1 is 1.37 bits per heavy atom. The van der Waals surface area contributed by atoms with E-state index in [9.17, 15) is 8.42 Å². The van der Waals surface area contributed by atoms with Crippen molar-refractivity contribution in [3.05, 3.63) is 30.1 Å². The van der Waals surface area contributed by atoms with Crippen LogP contribution in [0.3, 0.4) is 0 Å². The first-order valence-electron chi connectivity index (χ1n) is 5.92. The molecule has 0 spiro atoms. The number of rotatable bonds is 4. The summed E-state index contributed by atoms with van der Waals surface area (Å²) in [6.45, 7) is 1.83. The average Bonchev–Trinajstić information content (AvgIpc) is 3.00. The molecular weight excluding hydrogens is 266 g/mol. The molecule has 1 aromatic heterocycles. The van der Waals surface area contributed by atoms with Gasteiger partial charge in [0.25, 0.3) is 0 Å². The highest BCUT2D eigenvalue weighted by Crippen LogP contribution is 2.23. The van der Waals surface area contributed by atoms with Crippen LogP contribution in [0.5, 0.6) is 0 Å². The largest absolute Gasteiger partial charge is 0.240 e. The minimum absolute atomic E-state index is 0.101. The molecule has 0 unspecified atom stereocenters. The maximum atomic E-state index is 12.1. The predicted molar refractivity (Wildman–Crippen MR) is 67.2 cm³/mol. The molecular formula is C11H13N5O2S. The van der Waals surface area contributed by atoms with Gasteiger partial charge in [-0.1, -0.05) is 0 Å². The molecule has 3 rings (SSSR count). The summed E-state index contributed by atoms with van der Waals surface area (Å²) in [5, 5.41) is 10.9. The van der Waals surface area contributed by atoms with Crippen LogP contribution in [0.15, 0.2) is 29.4 Å². The fraction of sp³-hybridized carbons (Fsp3) is 0.364. The van der Waals surface area contributed by atoms with Gasteiger partial charge in [0.15, 0.2) is 0 Å². The first-order valence-corrected chi connectivity index (χ1v) is 7.41. The number of nitrogens with one attached hydrogen (secondary N) is 1. The minimum atomic E-state index is -3.42. The van der Waals surface area contributed by atoms with E-state index in [2.05, 4.69) is 20.2 Å². The zero-order valence-corrected chi connectivity index (χ0v) is 11.1. The number of hydrogen-bond acceptors (Lipinski definition) is 5. The molecule has 0 amide bonds. The molecule has 0 aliphatic heterocycles. The second kappa shape index (κ2) is 4.39. The van der Waals surface area contributed by atoms with Crippen LogP contribution in [0.4, 0.5) is 0 Å². The Morgan fingerprint density at radius 2 is 2.16 bits per heavy atom. The monoisotopic (exact) mass is 279 g/mol. The molecule has 1 heterocycles. The van der Waals surface area contributed by atoms with Gasteiger partial charge in [-0.05, 0) is 54.0 Å². The van der Waals surface area contributed by atoms with E-state index in [1.165, 1.54) is 11.0 Å². The molecule has 1 aliphatic carbocycles. The van der Waals surface area contributed by atoms with Crippen molar-refractivity contribution in [3.63, 3.8) is 0 Å². The first kappa shape index (κ1) is 12.2. The zero-order chi connectivity index (χ0) is 13.5. The van der Waals surface area contributed by atoms with Gasteiger partial charge in [-0.2, -0.15) is 0 Å². The van der Waals surface area contributed by atoms with E-state index in [4.69, 9.17) is 0 Å². The Balaban J connectivity index is 1.95. The predicted octanol–water partition coefficient (Wildman–Crippen LogP) is 0.411. The molecule has 1 fully saturated rings. The molecule has 8 heteroatoms. The fourth-order valence-corrected chi connectivity index (χ4v) is 3.20. The van der Waals surface area contributed by atoms with E-state index in [-0.39, 0.29) is 10.9 Å². The molecule has 0 saturated heterocycles. The Bertz CT molecular complexity index is 692. The van der Waals surface area contributed by atoms with Gasteiger partial charge in [-0.25, -0.2) is 17.8 Å². The summed E-state index contributed by atoms with van der Waals surface area (Å²) in [5.74, 6) is 0. The zero-order valence-electron chi connectivity index (χ0n) is 10.3. The second-order valence-electron chi connectivity index (χ2n) is 4.60. The molecule has 1 saturated carbocycles. The Labute approximate surface area is 110 Å². The molecule has 1 aromatic carbocycles. The smallest absolute Gasteiger partial charge is 0.208 e. The molecule has 100 valence electrons. The Kier molecular flexibility index (Phi) is 2.83. The molecule has 1 N–H and O–H groups in total. The van der Waals surface area contributed by atoms with Crippen molar-refractivity contribution in [2.24, 2.45) is 0 Å². The molecule has 0 atom stereocenters. The summed E-state index contributed by atoms with van der Waals surface area (Å²) in [7, 11) is -3.42. The molecule has 0 bridgehead atoms. The lowest BCUT2D eigenvalue weighted by Gasteiger charge is -2.09. The van der Waals surface area contributed by atoms with Crippen LogP contribution in [0.1, 0.15) is 18.4 Å². The van der Waals surface area contributed by atoms with E-state index < -0.39 is 10.0 Å². The average molecular weight is 279 g/mol. The van der Waals surface area contributed by atoms with Crippen LogP contribution in [-0.4, -0.2) is 34.7 Å². The van der Waals surface area contributed by atoms with Crippen LogP contribution in [-0.2, 0) is 10.0 Å². The van der Waals surface area contributed by atoms with Gasteiger partial charge in [-0.15, -0.1) is 5.10 Å². The van der Waals surface area contributed by atoms with Crippen LogP contribution in [0.2, 0.25) is 0 Å². The van der Waals surface area contributed by atoms with Crippen LogP contribution < -0.4 is 4.72 Å². The van der Waals surface area contributed by atoms with Crippen molar-refractivity contribution in [2.75, 3.05) is 0 Å². The van der Waals surface area contributed by atoms with Crippen molar-refractivity contribution in [3.8, 4) is 5.69 Å². The lowest BCUT2D eigenvalue weighted by Crippen LogP contribution is -2.25. The van der Waals surface area contributed by atoms with Crippen molar-refractivity contribution < 1.29 is 8.42 Å². The summed E-state index contributed by atoms with van der Waals surface area (Å²) >= 11 is 0. The van der Waals surface area contributed by atoms with Crippen molar-refractivity contribution in [2.45, 2.75) is 30.7 Å².